The van der Waals surface area contributed by atoms with Crippen LogP contribution in [0.1, 0.15) is 12.0 Å². The summed E-state index contributed by atoms with van der Waals surface area (Å²) in [5.41, 5.74) is 2.39. The molecule has 10 nitrogen and oxygen atoms in total. The molecule has 0 saturated heterocycles. The normalized spacial score (nSPS) is 11.6. The molecule has 0 unspecified atom stereocenters. The van der Waals surface area contributed by atoms with Crippen molar-refractivity contribution in [3.05, 3.63) is 60.6 Å². The number of nitrogens with one attached hydrogen (secondary N) is 2. The van der Waals surface area contributed by atoms with Crippen molar-refractivity contribution in [1.29, 1.82) is 0 Å². The molecule has 4 aromatic rings. The lowest BCUT2D eigenvalue weighted by atomic mass is 10.1. The maximum atomic E-state index is 12.8. The van der Waals surface area contributed by atoms with Crippen LogP contribution in [0.5, 0.6) is 5.75 Å². The molecule has 166 valence electrons. The Labute approximate surface area is 184 Å². The summed E-state index contributed by atoms with van der Waals surface area (Å²) in [7, 11) is -2.33. The Morgan fingerprint density at radius 3 is 2.44 bits per heavy atom. The molecular weight excluding hydrogens is 432 g/mol. The fraction of sp³-hybridized carbons (Fsp3) is 0.190. The summed E-state index contributed by atoms with van der Waals surface area (Å²) in [4.78, 5) is 12.9. The number of rotatable bonds is 8. The van der Waals surface area contributed by atoms with E-state index in [-0.39, 0.29) is 29.0 Å². The molecule has 11 heteroatoms. The Morgan fingerprint density at radius 1 is 1.06 bits per heavy atom. The van der Waals surface area contributed by atoms with Gasteiger partial charge in [-0.15, -0.1) is 0 Å². The van der Waals surface area contributed by atoms with E-state index in [1.54, 1.807) is 43.4 Å². The molecule has 4 N–H and O–H groups in total. The summed E-state index contributed by atoms with van der Waals surface area (Å²) in [5, 5.41) is 22.1. The van der Waals surface area contributed by atoms with Crippen molar-refractivity contribution >= 4 is 38.4 Å². The monoisotopic (exact) mass is 454 g/mol. The predicted octanol–water partition coefficient (Wildman–Crippen LogP) is 2.54. The van der Waals surface area contributed by atoms with Gasteiger partial charge in [0.05, 0.1) is 17.4 Å². The van der Waals surface area contributed by atoms with Crippen molar-refractivity contribution < 1.29 is 18.6 Å². The van der Waals surface area contributed by atoms with Gasteiger partial charge in [0, 0.05) is 31.6 Å². The second kappa shape index (κ2) is 8.81. The first-order valence-corrected chi connectivity index (χ1v) is 11.3. The zero-order valence-electron chi connectivity index (χ0n) is 17.2. The van der Waals surface area contributed by atoms with Gasteiger partial charge >= 0.3 is 0 Å². The number of aliphatic hydroxyl groups excluding tert-OH is 1. The number of aromatic nitrogens is 4. The largest absolute Gasteiger partial charge is 0.508 e. The van der Waals surface area contributed by atoms with Gasteiger partial charge in [-0.2, -0.15) is 8.42 Å². The third kappa shape index (κ3) is 4.79. The minimum Gasteiger partial charge on any atom is -0.508 e. The fourth-order valence-corrected chi connectivity index (χ4v) is 4.17. The van der Waals surface area contributed by atoms with Crippen LogP contribution in [0, 0.1) is 0 Å². The van der Waals surface area contributed by atoms with Gasteiger partial charge in [0.25, 0.3) is 10.0 Å². The Hall–Kier alpha value is -3.70. The van der Waals surface area contributed by atoms with Crippen LogP contribution >= 0.6 is 0 Å². The average molecular weight is 455 g/mol. The van der Waals surface area contributed by atoms with Crippen LogP contribution in [0.4, 0.5) is 17.3 Å². The number of benzene rings is 2. The SMILES string of the molecule is Cn1cnc(S(=O)(=O)Nc2nc3ccccc3nc2Nc2cc(O)cc(CCCO)c2)c1. The van der Waals surface area contributed by atoms with Crippen LogP contribution in [0.3, 0.4) is 0 Å². The van der Waals surface area contributed by atoms with E-state index in [2.05, 4.69) is 25.0 Å². The van der Waals surface area contributed by atoms with E-state index in [1.807, 2.05) is 0 Å². The number of hydrogen-bond acceptors (Lipinski definition) is 8. The van der Waals surface area contributed by atoms with E-state index in [0.717, 1.165) is 5.56 Å². The van der Waals surface area contributed by atoms with Gasteiger partial charge < -0.3 is 20.1 Å². The second-order valence-corrected chi connectivity index (χ2v) is 8.86. The fourth-order valence-electron chi connectivity index (χ4n) is 3.18. The highest BCUT2D eigenvalue weighted by Gasteiger charge is 2.21. The first-order chi connectivity index (χ1) is 15.3. The van der Waals surface area contributed by atoms with Crippen molar-refractivity contribution in [2.24, 2.45) is 7.05 Å². The number of hydrogen-bond donors (Lipinski definition) is 4. The Morgan fingerprint density at radius 2 is 1.78 bits per heavy atom. The predicted molar refractivity (Wildman–Crippen MR) is 120 cm³/mol. The number of imidazole rings is 1. The standard InChI is InChI=1S/C21H22N6O4S/c1-27-12-19(22-13-27)32(30,31)26-21-20(24-17-6-2-3-7-18(17)25-21)23-15-9-14(5-4-8-28)10-16(29)11-15/h2-3,6-7,9-13,28-29H,4-5,8H2,1H3,(H,23,24)(H,25,26). The number of fused-ring (bicyclic) bond motifs is 1. The highest BCUT2D eigenvalue weighted by molar-refractivity contribution is 7.92. The number of aryl methyl sites for hydroxylation is 2. The Kier molecular flexibility index (Phi) is 5.93. The maximum Gasteiger partial charge on any atom is 0.282 e. The molecule has 0 amide bonds. The minimum absolute atomic E-state index is 0.00500. The first-order valence-electron chi connectivity index (χ1n) is 9.82. The van der Waals surface area contributed by atoms with Gasteiger partial charge in [-0.05, 0) is 42.7 Å². The van der Waals surface area contributed by atoms with Crippen LogP contribution in [0.2, 0.25) is 0 Å². The molecule has 0 aliphatic carbocycles. The number of aliphatic hydroxyl groups is 1. The highest BCUT2D eigenvalue weighted by Crippen LogP contribution is 2.29. The molecule has 2 aromatic carbocycles. The second-order valence-electron chi connectivity index (χ2n) is 7.23. The molecule has 0 fully saturated rings. The van der Waals surface area contributed by atoms with Crippen LogP contribution in [0.15, 0.2) is 60.0 Å². The third-order valence-electron chi connectivity index (χ3n) is 4.62. The van der Waals surface area contributed by atoms with Gasteiger partial charge in [-0.3, -0.25) is 4.72 Å². The zero-order valence-corrected chi connectivity index (χ0v) is 18.0. The lowest BCUT2D eigenvalue weighted by molar-refractivity contribution is 0.288. The minimum atomic E-state index is -4.01. The maximum absolute atomic E-state index is 12.8. The molecular formula is C21H22N6O4S. The summed E-state index contributed by atoms with van der Waals surface area (Å²) in [6.45, 7) is 0.0357. The number of phenolic OH excluding ortho intramolecular Hbond substituents is 1. The number of para-hydroxylation sites is 2. The first kappa shape index (κ1) is 21.5. The summed E-state index contributed by atoms with van der Waals surface area (Å²) in [5.74, 6) is 0.198. The lowest BCUT2D eigenvalue weighted by Gasteiger charge is -2.14. The molecule has 4 rings (SSSR count). The number of sulfonamides is 1. The van der Waals surface area contributed by atoms with Crippen molar-refractivity contribution in [3.8, 4) is 5.75 Å². The summed E-state index contributed by atoms with van der Waals surface area (Å²) in [6, 6.07) is 12.0. The quantitative estimate of drug-likeness (QED) is 0.318. The topological polar surface area (TPSA) is 142 Å². The number of aromatic hydroxyl groups is 1. The molecule has 2 aromatic heterocycles. The molecule has 0 atom stereocenters. The van der Waals surface area contributed by atoms with Crippen LogP contribution in [0.25, 0.3) is 11.0 Å². The summed E-state index contributed by atoms with van der Waals surface area (Å²) in [6.07, 6.45) is 3.89. The van der Waals surface area contributed by atoms with E-state index < -0.39 is 10.0 Å². The molecule has 0 spiro atoms. The summed E-state index contributed by atoms with van der Waals surface area (Å²) < 4.78 is 29.7. The molecule has 0 saturated carbocycles. The Bertz CT molecular complexity index is 1370. The van der Waals surface area contributed by atoms with E-state index in [1.165, 1.54) is 23.2 Å². The lowest BCUT2D eigenvalue weighted by Crippen LogP contribution is -2.16. The Balaban J connectivity index is 1.74. The average Bonchev–Trinajstić information content (AvgIpc) is 3.19. The molecule has 2 heterocycles. The number of nitrogens with zero attached hydrogens (tertiary/aromatic N) is 4. The smallest absolute Gasteiger partial charge is 0.282 e. The molecule has 0 aliphatic rings. The van der Waals surface area contributed by atoms with Crippen molar-refractivity contribution in [3.63, 3.8) is 0 Å². The van der Waals surface area contributed by atoms with Crippen molar-refractivity contribution in [2.45, 2.75) is 17.9 Å². The zero-order chi connectivity index (χ0) is 22.7. The third-order valence-corrected chi connectivity index (χ3v) is 5.85. The molecule has 0 bridgehead atoms. The highest BCUT2D eigenvalue weighted by atomic mass is 32.2. The molecule has 32 heavy (non-hydrogen) atoms. The van der Waals surface area contributed by atoms with Crippen molar-refractivity contribution in [1.82, 2.24) is 19.5 Å². The van der Waals surface area contributed by atoms with Gasteiger partial charge in [0.15, 0.2) is 16.7 Å². The van der Waals surface area contributed by atoms with Crippen LogP contribution in [-0.4, -0.2) is 44.8 Å². The van der Waals surface area contributed by atoms with Gasteiger partial charge in [0.2, 0.25) is 0 Å². The van der Waals surface area contributed by atoms with Gasteiger partial charge in [-0.1, -0.05) is 12.1 Å². The van der Waals surface area contributed by atoms with Crippen LogP contribution in [-0.2, 0) is 23.5 Å². The van der Waals surface area contributed by atoms with Gasteiger partial charge in [-0.25, -0.2) is 15.0 Å². The molecule has 0 radical (unpaired) electrons. The van der Waals surface area contributed by atoms with E-state index in [4.69, 9.17) is 5.11 Å². The van der Waals surface area contributed by atoms with Gasteiger partial charge in [0.1, 0.15) is 5.75 Å². The van der Waals surface area contributed by atoms with Crippen LogP contribution < -0.4 is 10.0 Å². The molecule has 0 aliphatic heterocycles. The number of anilines is 3. The van der Waals surface area contributed by atoms with Crippen molar-refractivity contribution in [2.75, 3.05) is 16.6 Å². The summed E-state index contributed by atoms with van der Waals surface area (Å²) >= 11 is 0. The van der Waals surface area contributed by atoms with E-state index in [0.29, 0.717) is 29.6 Å². The van der Waals surface area contributed by atoms with E-state index >= 15 is 0 Å². The number of phenols is 1. The van der Waals surface area contributed by atoms with E-state index in [9.17, 15) is 13.5 Å².